The Balaban J connectivity index is 1.60. The Hall–Kier alpha value is -3.10. The number of benzene rings is 2. The van der Waals surface area contributed by atoms with E-state index >= 15 is 0 Å². The second-order valence-electron chi connectivity index (χ2n) is 8.18. The molecule has 33 heavy (non-hydrogen) atoms. The highest BCUT2D eigenvalue weighted by molar-refractivity contribution is 7.90. The molecule has 1 aliphatic rings. The van der Waals surface area contributed by atoms with Gasteiger partial charge in [0.05, 0.1) is 12.4 Å². The van der Waals surface area contributed by atoms with Crippen LogP contribution in [0.4, 0.5) is 0 Å². The second kappa shape index (κ2) is 10.7. The molecule has 0 heterocycles. The van der Waals surface area contributed by atoms with Crippen molar-refractivity contribution in [2.75, 3.05) is 7.11 Å². The van der Waals surface area contributed by atoms with Crippen molar-refractivity contribution < 1.29 is 27.8 Å². The van der Waals surface area contributed by atoms with Crippen molar-refractivity contribution >= 4 is 21.6 Å². The van der Waals surface area contributed by atoms with E-state index in [1.54, 1.807) is 33.1 Å². The van der Waals surface area contributed by atoms with Crippen LogP contribution < -0.4 is 14.2 Å². The lowest BCUT2D eigenvalue weighted by molar-refractivity contribution is -0.140. The van der Waals surface area contributed by atoms with Crippen molar-refractivity contribution in [1.82, 2.24) is 4.72 Å². The number of hydrogen-bond acceptors (Lipinski definition) is 5. The molecule has 0 aliphatic heterocycles. The minimum atomic E-state index is -3.81. The first-order chi connectivity index (χ1) is 15.7. The van der Waals surface area contributed by atoms with Crippen LogP contribution in [0.25, 0.3) is 5.57 Å². The first kappa shape index (κ1) is 24.5. The van der Waals surface area contributed by atoms with Gasteiger partial charge in [0.2, 0.25) is 10.0 Å². The topological polar surface area (TPSA) is 102 Å². The average molecular weight is 472 g/mol. The molecule has 1 aliphatic carbocycles. The van der Waals surface area contributed by atoms with Crippen LogP contribution >= 0.6 is 0 Å². The third-order valence-corrected chi connectivity index (χ3v) is 7.14. The Morgan fingerprint density at radius 1 is 1.15 bits per heavy atom. The van der Waals surface area contributed by atoms with Gasteiger partial charge in [-0.05, 0) is 53.3 Å². The lowest BCUT2D eigenvalue weighted by atomic mass is 9.99. The van der Waals surface area contributed by atoms with Crippen LogP contribution in [-0.4, -0.2) is 37.9 Å². The van der Waals surface area contributed by atoms with Crippen LogP contribution in [0.5, 0.6) is 11.5 Å². The number of ether oxygens (including phenoxy) is 2. The van der Waals surface area contributed by atoms with Gasteiger partial charge < -0.3 is 14.6 Å². The lowest BCUT2D eigenvalue weighted by Gasteiger charge is -2.22. The summed E-state index contributed by atoms with van der Waals surface area (Å²) in [5, 5.41) is 8.46. The molecule has 0 bridgehead atoms. The Kier molecular flexibility index (Phi) is 7.94. The van der Waals surface area contributed by atoms with Crippen molar-refractivity contribution in [3.8, 4) is 11.5 Å². The van der Waals surface area contributed by atoms with E-state index in [0.29, 0.717) is 6.61 Å². The van der Waals surface area contributed by atoms with Gasteiger partial charge in [-0.3, -0.25) is 4.79 Å². The minimum Gasteiger partial charge on any atom is -0.497 e. The Morgan fingerprint density at radius 2 is 1.88 bits per heavy atom. The van der Waals surface area contributed by atoms with E-state index in [9.17, 15) is 18.3 Å². The maximum Gasteiger partial charge on any atom is 0.321 e. The molecule has 0 saturated carbocycles. The maximum atomic E-state index is 12.6. The number of rotatable bonds is 10. The van der Waals surface area contributed by atoms with E-state index in [2.05, 4.69) is 4.72 Å². The molecule has 2 N–H and O–H groups in total. The molecule has 0 radical (unpaired) electrons. The van der Waals surface area contributed by atoms with Crippen molar-refractivity contribution in [2.24, 2.45) is 5.92 Å². The van der Waals surface area contributed by atoms with Gasteiger partial charge in [0.25, 0.3) is 0 Å². The highest BCUT2D eigenvalue weighted by Gasteiger charge is 2.31. The molecule has 7 nitrogen and oxygen atoms in total. The molecule has 2 aromatic rings. The van der Waals surface area contributed by atoms with Crippen molar-refractivity contribution in [1.29, 1.82) is 0 Å². The van der Waals surface area contributed by atoms with E-state index in [1.165, 1.54) is 0 Å². The van der Waals surface area contributed by atoms with E-state index in [4.69, 9.17) is 9.47 Å². The van der Waals surface area contributed by atoms with Crippen molar-refractivity contribution in [3.05, 3.63) is 77.9 Å². The zero-order chi connectivity index (χ0) is 24.0. The summed E-state index contributed by atoms with van der Waals surface area (Å²) in [5.74, 6) is -0.0420. The monoisotopic (exact) mass is 471 g/mol. The fourth-order valence-corrected chi connectivity index (χ4v) is 4.99. The molecule has 0 amide bonds. The summed E-state index contributed by atoms with van der Waals surface area (Å²) >= 11 is 0. The number of hydrogen-bond donors (Lipinski definition) is 2. The first-order valence-electron chi connectivity index (χ1n) is 10.7. The molecule has 0 spiro atoms. The van der Waals surface area contributed by atoms with Gasteiger partial charge in [0, 0.05) is 0 Å². The summed E-state index contributed by atoms with van der Waals surface area (Å²) in [5.41, 5.74) is 2.84. The van der Waals surface area contributed by atoms with E-state index < -0.39 is 27.3 Å². The van der Waals surface area contributed by atoms with Crippen LogP contribution in [0, 0.1) is 5.92 Å². The van der Waals surface area contributed by atoms with Gasteiger partial charge in [-0.25, -0.2) is 13.1 Å². The fraction of sp³-hybridized carbons (Fsp3) is 0.320. The molecule has 2 aromatic carbocycles. The quantitative estimate of drug-likeness (QED) is 0.543. The van der Waals surface area contributed by atoms with Crippen LogP contribution in [0.2, 0.25) is 0 Å². The third-order valence-electron chi connectivity index (χ3n) is 5.41. The van der Waals surface area contributed by atoms with Crippen LogP contribution in [0.1, 0.15) is 31.4 Å². The minimum absolute atomic E-state index is 0.264. The van der Waals surface area contributed by atoms with Crippen molar-refractivity contribution in [3.63, 3.8) is 0 Å². The molecule has 2 atom stereocenters. The number of allylic oxidation sites excluding steroid dienone is 3. The number of sulfonamides is 1. The Bertz CT molecular complexity index is 1140. The second-order valence-corrected chi connectivity index (χ2v) is 10.1. The number of carboxylic acids is 1. The fourth-order valence-electron chi connectivity index (χ4n) is 3.45. The zero-order valence-corrected chi connectivity index (χ0v) is 19.7. The summed E-state index contributed by atoms with van der Waals surface area (Å²) in [6, 6.07) is 14.1. The summed E-state index contributed by atoms with van der Waals surface area (Å²) in [4.78, 5) is 11.3. The van der Waals surface area contributed by atoms with E-state index in [0.717, 1.165) is 28.2 Å². The van der Waals surface area contributed by atoms with Crippen LogP contribution in [0.3, 0.4) is 0 Å². The Morgan fingerprint density at radius 3 is 2.45 bits per heavy atom. The molecule has 8 heteroatoms. The van der Waals surface area contributed by atoms with Gasteiger partial charge in [-0.15, -0.1) is 0 Å². The summed E-state index contributed by atoms with van der Waals surface area (Å²) in [6.07, 6.45) is 5.47. The number of aliphatic carboxylic acids is 1. The number of methoxy groups -OCH3 is 1. The molecule has 0 aromatic heterocycles. The third kappa shape index (κ3) is 6.46. The SMILES string of the molecule is COc1cccc(COc2ccc(C3=CCC(S(=O)(=O)N[C@@H](C(=O)O)C(C)C)C=C3)cc2)c1. The molecule has 0 saturated heterocycles. The van der Waals surface area contributed by atoms with Crippen LogP contribution in [-0.2, 0) is 21.4 Å². The molecular weight excluding hydrogens is 442 g/mol. The maximum absolute atomic E-state index is 12.6. The van der Waals surface area contributed by atoms with Gasteiger partial charge in [-0.1, -0.05) is 56.3 Å². The van der Waals surface area contributed by atoms with Gasteiger partial charge in [-0.2, -0.15) is 0 Å². The number of carboxylic acid groups (broad SMARTS) is 1. The van der Waals surface area contributed by atoms with E-state index in [1.807, 2.05) is 54.6 Å². The van der Waals surface area contributed by atoms with Crippen LogP contribution in [0.15, 0.2) is 66.8 Å². The largest absolute Gasteiger partial charge is 0.497 e. The number of carbonyl (C=O) groups is 1. The summed E-state index contributed by atoms with van der Waals surface area (Å²) in [7, 11) is -2.19. The van der Waals surface area contributed by atoms with E-state index in [-0.39, 0.29) is 12.3 Å². The molecule has 1 unspecified atom stereocenters. The molecule has 3 rings (SSSR count). The van der Waals surface area contributed by atoms with Gasteiger partial charge in [0.15, 0.2) is 0 Å². The highest BCUT2D eigenvalue weighted by atomic mass is 32.2. The average Bonchev–Trinajstić information content (AvgIpc) is 2.81. The highest BCUT2D eigenvalue weighted by Crippen LogP contribution is 2.26. The smallest absolute Gasteiger partial charge is 0.321 e. The predicted octanol–water partition coefficient (Wildman–Crippen LogP) is 4.01. The van der Waals surface area contributed by atoms with Crippen molar-refractivity contribution in [2.45, 2.75) is 38.2 Å². The summed E-state index contributed by atoms with van der Waals surface area (Å²) in [6.45, 7) is 3.75. The summed E-state index contributed by atoms with van der Waals surface area (Å²) < 4.78 is 38.7. The lowest BCUT2D eigenvalue weighted by Crippen LogP contribution is -2.47. The standard InChI is InChI=1S/C25H29NO6S/c1-17(2)24(25(27)28)26-33(29,30)23-13-9-20(10-14-23)19-7-11-21(12-8-19)32-16-18-5-4-6-22(15-18)31-3/h4-13,15,17,23-24,26H,14,16H2,1-3H3,(H,27,28)/t23?,24-/m1/s1. The normalized spacial score (nSPS) is 16.8. The molecular formula is C25H29NO6S. The zero-order valence-electron chi connectivity index (χ0n) is 18.9. The Labute approximate surface area is 194 Å². The predicted molar refractivity (Wildman–Crippen MR) is 128 cm³/mol. The molecule has 176 valence electrons. The van der Waals surface area contributed by atoms with Gasteiger partial charge >= 0.3 is 5.97 Å². The first-order valence-corrected chi connectivity index (χ1v) is 12.2. The number of nitrogens with one attached hydrogen (secondary N) is 1. The molecule has 0 fully saturated rings. The van der Waals surface area contributed by atoms with Gasteiger partial charge in [0.1, 0.15) is 24.1 Å².